The largest absolute Gasteiger partial charge is 0.264 e. The van der Waals surface area contributed by atoms with Gasteiger partial charge in [0.2, 0.25) is 0 Å². The third-order valence-corrected chi connectivity index (χ3v) is 3.01. The predicted octanol–water partition coefficient (Wildman–Crippen LogP) is 3.52. The van der Waals surface area contributed by atoms with Gasteiger partial charge in [-0.25, -0.2) is 0 Å². The summed E-state index contributed by atoms with van der Waals surface area (Å²) in [5, 5.41) is 0. The normalized spacial score (nSPS) is 19.7. The summed E-state index contributed by atoms with van der Waals surface area (Å²) < 4.78 is 0. The van der Waals surface area contributed by atoms with Crippen LogP contribution in [0.2, 0.25) is 0 Å². The summed E-state index contributed by atoms with van der Waals surface area (Å²) in [7, 11) is 0. The van der Waals surface area contributed by atoms with Crippen LogP contribution in [0.4, 0.5) is 0 Å². The van der Waals surface area contributed by atoms with Crippen molar-refractivity contribution in [1.29, 1.82) is 0 Å². The first-order chi connectivity index (χ1) is 6.47. The smallest absolute Gasteiger partial charge is 0.0302 e. The zero-order valence-electron chi connectivity index (χ0n) is 8.08. The number of hydrogen-bond donors (Lipinski definition) is 0. The maximum Gasteiger partial charge on any atom is 0.0302 e. The molecule has 0 N–H and O–H groups in total. The van der Waals surface area contributed by atoms with Gasteiger partial charge >= 0.3 is 0 Å². The van der Waals surface area contributed by atoms with Crippen LogP contribution < -0.4 is 0 Å². The van der Waals surface area contributed by atoms with E-state index in [1.54, 1.807) is 0 Å². The van der Waals surface area contributed by atoms with E-state index in [0.29, 0.717) is 0 Å². The topological polar surface area (TPSA) is 12.9 Å². The quantitative estimate of drug-likeness (QED) is 0.595. The van der Waals surface area contributed by atoms with Gasteiger partial charge in [0.15, 0.2) is 0 Å². The van der Waals surface area contributed by atoms with Gasteiger partial charge < -0.3 is 0 Å². The molecule has 1 aromatic rings. The number of nitrogens with zero attached hydrogens (tertiary/aromatic N) is 1. The molecule has 1 aliphatic rings. The van der Waals surface area contributed by atoms with Crippen LogP contribution in [-0.4, -0.2) is 4.98 Å². The van der Waals surface area contributed by atoms with Crippen molar-refractivity contribution in [3.63, 3.8) is 0 Å². The Morgan fingerprint density at radius 1 is 1.08 bits per heavy atom. The molecule has 0 radical (unpaired) electrons. The molecule has 0 aromatic carbocycles. The molecule has 2 rings (SSSR count). The van der Waals surface area contributed by atoms with E-state index in [-0.39, 0.29) is 0 Å². The maximum atomic E-state index is 4.19. The molecule has 1 aliphatic carbocycles. The molecule has 0 amide bonds. The molecule has 0 atom stereocenters. The SMILES string of the molecule is c1cncc(C2CCCCCC2)c1. The van der Waals surface area contributed by atoms with E-state index in [0.717, 1.165) is 5.92 Å². The van der Waals surface area contributed by atoms with Crippen molar-refractivity contribution in [2.45, 2.75) is 44.4 Å². The Bertz CT molecular complexity index is 235. The van der Waals surface area contributed by atoms with Gasteiger partial charge in [-0.05, 0) is 30.4 Å². The molecule has 1 aromatic heterocycles. The standard InChI is InChI=1S/C12H17N/c1-2-4-7-11(6-3-1)12-8-5-9-13-10-12/h5,8-11H,1-4,6-7H2. The first kappa shape index (κ1) is 8.74. The summed E-state index contributed by atoms with van der Waals surface area (Å²) in [4.78, 5) is 4.19. The molecule has 1 fully saturated rings. The van der Waals surface area contributed by atoms with E-state index in [1.165, 1.54) is 44.1 Å². The second kappa shape index (κ2) is 4.40. The average molecular weight is 175 g/mol. The predicted molar refractivity (Wildman–Crippen MR) is 54.7 cm³/mol. The second-order valence-electron chi connectivity index (χ2n) is 3.97. The van der Waals surface area contributed by atoms with Crippen LogP contribution in [0.3, 0.4) is 0 Å². The number of rotatable bonds is 1. The van der Waals surface area contributed by atoms with E-state index >= 15 is 0 Å². The Morgan fingerprint density at radius 3 is 2.46 bits per heavy atom. The molecule has 1 heteroatoms. The first-order valence-corrected chi connectivity index (χ1v) is 5.37. The Balaban J connectivity index is 2.06. The zero-order valence-corrected chi connectivity index (χ0v) is 8.08. The van der Waals surface area contributed by atoms with Crippen molar-refractivity contribution < 1.29 is 0 Å². The van der Waals surface area contributed by atoms with E-state index in [1.807, 2.05) is 12.4 Å². The van der Waals surface area contributed by atoms with Gasteiger partial charge in [0.25, 0.3) is 0 Å². The van der Waals surface area contributed by atoms with Crippen LogP contribution >= 0.6 is 0 Å². The fourth-order valence-corrected chi connectivity index (χ4v) is 2.23. The lowest BCUT2D eigenvalue weighted by Crippen LogP contribution is -1.96. The van der Waals surface area contributed by atoms with Crippen molar-refractivity contribution in [2.24, 2.45) is 0 Å². The Kier molecular flexibility index (Phi) is 2.96. The molecule has 1 saturated carbocycles. The van der Waals surface area contributed by atoms with E-state index < -0.39 is 0 Å². The average Bonchev–Trinajstić information content (AvgIpc) is 2.47. The molecule has 0 spiro atoms. The lowest BCUT2D eigenvalue weighted by molar-refractivity contribution is 0.590. The first-order valence-electron chi connectivity index (χ1n) is 5.37. The monoisotopic (exact) mass is 175 g/mol. The maximum absolute atomic E-state index is 4.19. The van der Waals surface area contributed by atoms with E-state index in [2.05, 4.69) is 17.1 Å². The summed E-state index contributed by atoms with van der Waals surface area (Å²) in [5.41, 5.74) is 1.45. The van der Waals surface area contributed by atoms with E-state index in [9.17, 15) is 0 Å². The molecule has 1 nitrogen and oxygen atoms in total. The van der Waals surface area contributed by atoms with Gasteiger partial charge in [0.1, 0.15) is 0 Å². The van der Waals surface area contributed by atoms with Gasteiger partial charge in [0.05, 0.1) is 0 Å². The summed E-state index contributed by atoms with van der Waals surface area (Å²) in [6.45, 7) is 0. The Morgan fingerprint density at radius 2 is 1.85 bits per heavy atom. The number of aromatic nitrogens is 1. The molecular formula is C12H17N. The molecule has 0 unspecified atom stereocenters. The highest BCUT2D eigenvalue weighted by Crippen LogP contribution is 2.30. The minimum Gasteiger partial charge on any atom is -0.264 e. The summed E-state index contributed by atoms with van der Waals surface area (Å²) >= 11 is 0. The summed E-state index contributed by atoms with van der Waals surface area (Å²) in [5.74, 6) is 0.788. The van der Waals surface area contributed by atoms with Crippen molar-refractivity contribution >= 4 is 0 Å². The van der Waals surface area contributed by atoms with Crippen LogP contribution in [0.5, 0.6) is 0 Å². The van der Waals surface area contributed by atoms with Gasteiger partial charge in [-0.2, -0.15) is 0 Å². The van der Waals surface area contributed by atoms with Crippen molar-refractivity contribution in [1.82, 2.24) is 4.98 Å². The van der Waals surface area contributed by atoms with Crippen LogP contribution in [-0.2, 0) is 0 Å². The Hall–Kier alpha value is -0.850. The van der Waals surface area contributed by atoms with Crippen LogP contribution in [0.25, 0.3) is 0 Å². The highest BCUT2D eigenvalue weighted by atomic mass is 14.6. The van der Waals surface area contributed by atoms with Gasteiger partial charge in [-0.1, -0.05) is 31.7 Å². The van der Waals surface area contributed by atoms with Gasteiger partial charge in [-0.15, -0.1) is 0 Å². The van der Waals surface area contributed by atoms with Gasteiger partial charge in [0, 0.05) is 12.4 Å². The molecule has 0 saturated heterocycles. The van der Waals surface area contributed by atoms with Crippen molar-refractivity contribution in [3.8, 4) is 0 Å². The number of hydrogen-bond acceptors (Lipinski definition) is 1. The molecule has 0 bridgehead atoms. The lowest BCUT2D eigenvalue weighted by Gasteiger charge is -2.12. The highest BCUT2D eigenvalue weighted by Gasteiger charge is 2.13. The lowest BCUT2D eigenvalue weighted by atomic mass is 9.93. The third kappa shape index (κ3) is 2.30. The number of pyridine rings is 1. The van der Waals surface area contributed by atoms with Crippen LogP contribution in [0, 0.1) is 0 Å². The van der Waals surface area contributed by atoms with Crippen LogP contribution in [0.15, 0.2) is 24.5 Å². The Labute approximate surface area is 80.2 Å². The van der Waals surface area contributed by atoms with E-state index in [4.69, 9.17) is 0 Å². The summed E-state index contributed by atoms with van der Waals surface area (Å²) in [6, 6.07) is 4.28. The third-order valence-electron chi connectivity index (χ3n) is 3.01. The molecule has 70 valence electrons. The van der Waals surface area contributed by atoms with Crippen LogP contribution in [0.1, 0.15) is 50.0 Å². The minimum atomic E-state index is 0.788. The second-order valence-corrected chi connectivity index (χ2v) is 3.97. The molecule has 13 heavy (non-hydrogen) atoms. The molecule has 1 heterocycles. The fourth-order valence-electron chi connectivity index (χ4n) is 2.23. The molecular weight excluding hydrogens is 158 g/mol. The van der Waals surface area contributed by atoms with Crippen molar-refractivity contribution in [2.75, 3.05) is 0 Å². The fraction of sp³-hybridized carbons (Fsp3) is 0.583. The highest BCUT2D eigenvalue weighted by molar-refractivity contribution is 5.14. The molecule has 0 aliphatic heterocycles. The zero-order chi connectivity index (χ0) is 8.93. The summed E-state index contributed by atoms with van der Waals surface area (Å²) in [6.07, 6.45) is 12.3. The van der Waals surface area contributed by atoms with Crippen molar-refractivity contribution in [3.05, 3.63) is 30.1 Å². The van der Waals surface area contributed by atoms with Gasteiger partial charge in [-0.3, -0.25) is 4.98 Å². The minimum absolute atomic E-state index is 0.788.